The van der Waals surface area contributed by atoms with Gasteiger partial charge in [-0.05, 0) is 80.9 Å². The summed E-state index contributed by atoms with van der Waals surface area (Å²) in [5.74, 6) is -2.05. The molecule has 0 atom stereocenters. The lowest BCUT2D eigenvalue weighted by molar-refractivity contribution is -0.137. The number of halogens is 3. The number of nitriles is 1. The number of para-hydroxylation sites is 1. The maximum absolute atomic E-state index is 12.9. The van der Waals surface area contributed by atoms with E-state index in [0.717, 1.165) is 24.3 Å². The lowest BCUT2D eigenvalue weighted by atomic mass is 10.1. The van der Waals surface area contributed by atoms with Gasteiger partial charge in [0, 0.05) is 11.3 Å². The van der Waals surface area contributed by atoms with Crippen LogP contribution >= 0.6 is 0 Å². The van der Waals surface area contributed by atoms with E-state index in [4.69, 9.17) is 4.74 Å². The number of ether oxygens (including phenoxy) is 1. The summed E-state index contributed by atoms with van der Waals surface area (Å²) in [5.41, 5.74) is -0.915. The van der Waals surface area contributed by atoms with E-state index in [-0.39, 0.29) is 22.4 Å². The highest BCUT2D eigenvalue weighted by Gasteiger charge is 2.30. The number of hydrogen-bond acceptors (Lipinski definition) is 5. The fourth-order valence-electron chi connectivity index (χ4n) is 3.33. The van der Waals surface area contributed by atoms with Crippen molar-refractivity contribution >= 4 is 35.2 Å². The van der Waals surface area contributed by atoms with Crippen molar-refractivity contribution in [2.45, 2.75) is 32.5 Å². The van der Waals surface area contributed by atoms with Gasteiger partial charge < -0.3 is 15.4 Å². The molecule has 3 rings (SSSR count). The Labute approximate surface area is 222 Å². The molecule has 2 amide bonds. The van der Waals surface area contributed by atoms with Crippen molar-refractivity contribution in [2.75, 3.05) is 10.6 Å². The van der Waals surface area contributed by atoms with Gasteiger partial charge in [0.05, 0.1) is 16.8 Å². The average Bonchev–Trinajstić information content (AvgIpc) is 2.86. The standard InChI is InChI=1S/C29H24F3N3O4/c1-28(2,3)39-27(38)23-9-4-5-10-24(23)35-26(37)20(17-33)15-18-7-6-8-22(16-18)34-25(36)19-11-13-21(14-12-19)29(30,31)32/h4-16H,1-3H3,(H,34,36)(H,35,37)/b20-15+. The molecule has 3 aromatic rings. The maximum atomic E-state index is 12.9. The van der Waals surface area contributed by atoms with E-state index in [1.165, 1.54) is 24.3 Å². The van der Waals surface area contributed by atoms with Crippen LogP contribution in [-0.2, 0) is 15.7 Å². The van der Waals surface area contributed by atoms with Crippen molar-refractivity contribution in [2.24, 2.45) is 0 Å². The molecule has 0 heterocycles. The van der Waals surface area contributed by atoms with Gasteiger partial charge in [0.2, 0.25) is 0 Å². The second kappa shape index (κ2) is 11.6. The van der Waals surface area contributed by atoms with Crippen molar-refractivity contribution in [1.29, 1.82) is 5.26 Å². The number of amides is 2. The molecule has 0 aromatic heterocycles. The van der Waals surface area contributed by atoms with Gasteiger partial charge >= 0.3 is 12.1 Å². The Bertz CT molecular complexity index is 1460. The first-order valence-electron chi connectivity index (χ1n) is 11.6. The largest absolute Gasteiger partial charge is 0.456 e. The van der Waals surface area contributed by atoms with Gasteiger partial charge in [-0.3, -0.25) is 9.59 Å². The maximum Gasteiger partial charge on any atom is 0.416 e. The molecule has 0 fully saturated rings. The van der Waals surface area contributed by atoms with E-state index in [2.05, 4.69) is 10.6 Å². The van der Waals surface area contributed by atoms with Gasteiger partial charge in [-0.2, -0.15) is 18.4 Å². The van der Waals surface area contributed by atoms with Crippen LogP contribution in [0, 0.1) is 11.3 Å². The van der Waals surface area contributed by atoms with Crippen LogP contribution in [0.25, 0.3) is 6.08 Å². The molecule has 10 heteroatoms. The molecule has 0 spiro atoms. The quantitative estimate of drug-likeness (QED) is 0.214. The van der Waals surface area contributed by atoms with Gasteiger partial charge in [-0.25, -0.2) is 4.79 Å². The van der Waals surface area contributed by atoms with Crippen LogP contribution in [0.1, 0.15) is 52.6 Å². The topological polar surface area (TPSA) is 108 Å². The first kappa shape index (κ1) is 28.7. The predicted octanol–water partition coefficient (Wildman–Crippen LogP) is 6.46. The molecule has 0 unspecified atom stereocenters. The molecular formula is C29H24F3N3O4. The number of alkyl halides is 3. The first-order chi connectivity index (χ1) is 18.3. The summed E-state index contributed by atoms with van der Waals surface area (Å²) < 4.78 is 43.7. The number of esters is 1. The van der Waals surface area contributed by atoms with Gasteiger partial charge in [-0.1, -0.05) is 24.3 Å². The summed E-state index contributed by atoms with van der Waals surface area (Å²) in [6.07, 6.45) is -3.22. The molecule has 0 bridgehead atoms. The summed E-state index contributed by atoms with van der Waals surface area (Å²) in [5, 5.41) is 14.7. The zero-order valence-corrected chi connectivity index (χ0v) is 21.2. The number of rotatable bonds is 6. The summed E-state index contributed by atoms with van der Waals surface area (Å²) in [4.78, 5) is 37.9. The van der Waals surface area contributed by atoms with Crippen LogP contribution in [0.2, 0.25) is 0 Å². The summed E-state index contributed by atoms with van der Waals surface area (Å²) in [6, 6.07) is 18.0. The molecule has 0 aliphatic rings. The summed E-state index contributed by atoms with van der Waals surface area (Å²) in [7, 11) is 0. The molecule has 39 heavy (non-hydrogen) atoms. The second-order valence-corrected chi connectivity index (χ2v) is 9.33. The Morgan fingerprint density at radius 3 is 2.18 bits per heavy atom. The molecule has 7 nitrogen and oxygen atoms in total. The molecule has 2 N–H and O–H groups in total. The molecular weight excluding hydrogens is 511 g/mol. The highest BCUT2D eigenvalue weighted by molar-refractivity contribution is 6.12. The third-order valence-corrected chi connectivity index (χ3v) is 5.09. The van der Waals surface area contributed by atoms with Crippen LogP contribution in [0.4, 0.5) is 24.5 Å². The normalized spacial score (nSPS) is 11.8. The Balaban J connectivity index is 1.76. The number of carbonyl (C=O) groups excluding carboxylic acids is 3. The van der Waals surface area contributed by atoms with Gasteiger partial charge in [0.15, 0.2) is 0 Å². The highest BCUT2D eigenvalue weighted by atomic mass is 19.4. The van der Waals surface area contributed by atoms with Crippen LogP contribution in [0.5, 0.6) is 0 Å². The lowest BCUT2D eigenvalue weighted by Crippen LogP contribution is -2.25. The third-order valence-electron chi connectivity index (χ3n) is 5.09. The third kappa shape index (κ3) is 8.04. The van der Waals surface area contributed by atoms with Crippen LogP contribution in [0.3, 0.4) is 0 Å². The van der Waals surface area contributed by atoms with E-state index < -0.39 is 35.1 Å². The van der Waals surface area contributed by atoms with Crippen molar-refractivity contribution in [3.8, 4) is 6.07 Å². The summed E-state index contributed by atoms with van der Waals surface area (Å²) >= 11 is 0. The number of nitrogens with one attached hydrogen (secondary N) is 2. The average molecular weight is 536 g/mol. The van der Waals surface area contributed by atoms with Crippen molar-refractivity contribution in [3.05, 3.63) is 101 Å². The fraction of sp³-hybridized carbons (Fsp3) is 0.172. The molecule has 0 radical (unpaired) electrons. The highest BCUT2D eigenvalue weighted by Crippen LogP contribution is 2.29. The van der Waals surface area contributed by atoms with E-state index in [1.807, 2.05) is 6.07 Å². The first-order valence-corrected chi connectivity index (χ1v) is 11.6. The number of hydrogen-bond donors (Lipinski definition) is 2. The van der Waals surface area contributed by atoms with Crippen LogP contribution < -0.4 is 10.6 Å². The SMILES string of the molecule is CC(C)(C)OC(=O)c1ccccc1NC(=O)/C(C#N)=C/c1cccc(NC(=O)c2ccc(C(F)(F)F)cc2)c1. The molecule has 0 saturated carbocycles. The van der Waals surface area contributed by atoms with Crippen LogP contribution in [-0.4, -0.2) is 23.4 Å². The number of carbonyl (C=O) groups is 3. The Kier molecular flexibility index (Phi) is 8.56. The van der Waals surface area contributed by atoms with Gasteiger partial charge in [0.1, 0.15) is 17.2 Å². The predicted molar refractivity (Wildman–Crippen MR) is 140 cm³/mol. The Morgan fingerprint density at radius 2 is 1.56 bits per heavy atom. The second-order valence-electron chi connectivity index (χ2n) is 9.33. The van der Waals surface area contributed by atoms with Crippen LogP contribution in [0.15, 0.2) is 78.4 Å². The molecule has 0 aliphatic carbocycles. The zero-order valence-electron chi connectivity index (χ0n) is 21.2. The van der Waals surface area contributed by atoms with E-state index in [0.29, 0.717) is 11.3 Å². The molecule has 3 aromatic carbocycles. The smallest absolute Gasteiger partial charge is 0.416 e. The van der Waals surface area contributed by atoms with Crippen molar-refractivity contribution in [1.82, 2.24) is 0 Å². The molecule has 0 saturated heterocycles. The zero-order chi connectivity index (χ0) is 28.8. The minimum Gasteiger partial charge on any atom is -0.456 e. The van der Waals surface area contributed by atoms with Gasteiger partial charge in [0.25, 0.3) is 11.8 Å². The van der Waals surface area contributed by atoms with Crippen molar-refractivity contribution in [3.63, 3.8) is 0 Å². The minimum atomic E-state index is -4.52. The lowest BCUT2D eigenvalue weighted by Gasteiger charge is -2.20. The number of benzene rings is 3. The summed E-state index contributed by atoms with van der Waals surface area (Å²) in [6.45, 7) is 5.13. The molecule has 0 aliphatic heterocycles. The van der Waals surface area contributed by atoms with Gasteiger partial charge in [-0.15, -0.1) is 0 Å². The monoisotopic (exact) mass is 535 g/mol. The van der Waals surface area contributed by atoms with E-state index in [1.54, 1.807) is 51.1 Å². The number of nitrogens with zero attached hydrogens (tertiary/aromatic N) is 1. The Morgan fingerprint density at radius 1 is 0.897 bits per heavy atom. The van der Waals surface area contributed by atoms with Crippen molar-refractivity contribution < 1.29 is 32.3 Å². The van der Waals surface area contributed by atoms with E-state index >= 15 is 0 Å². The van der Waals surface area contributed by atoms with E-state index in [9.17, 15) is 32.8 Å². The minimum absolute atomic E-state index is 0.0182. The number of anilines is 2. The molecule has 200 valence electrons. The fourth-order valence-corrected chi connectivity index (χ4v) is 3.33. The Hall–Kier alpha value is -4.91.